The Kier molecular flexibility index (Phi) is 9.88. The molecule has 4 aliphatic carbocycles. The molecule has 2 unspecified atom stereocenters. The van der Waals surface area contributed by atoms with Gasteiger partial charge in [-0.1, -0.05) is 68.7 Å². The minimum atomic E-state index is -0.290. The number of phenols is 2. The number of fused-ring (bicyclic) bond motifs is 5. The lowest BCUT2D eigenvalue weighted by molar-refractivity contribution is -0.0302. The number of benzene rings is 2. The number of carbonyl (C=O) groups excluding carboxylic acids is 1. The van der Waals surface area contributed by atoms with Crippen molar-refractivity contribution in [1.82, 2.24) is 24.6 Å². The predicted molar refractivity (Wildman–Crippen MR) is 223 cm³/mol. The van der Waals surface area contributed by atoms with Crippen LogP contribution in [0.2, 0.25) is 0 Å². The van der Waals surface area contributed by atoms with E-state index in [0.29, 0.717) is 53.6 Å². The first-order valence-corrected chi connectivity index (χ1v) is 21.5. The molecular formula is C48H57N5O5. The van der Waals surface area contributed by atoms with Crippen molar-refractivity contribution in [2.75, 3.05) is 13.1 Å². The van der Waals surface area contributed by atoms with Gasteiger partial charge in [-0.2, -0.15) is 0 Å². The van der Waals surface area contributed by atoms with Gasteiger partial charge >= 0.3 is 12.1 Å². The van der Waals surface area contributed by atoms with Gasteiger partial charge in [0.1, 0.15) is 17.6 Å². The molecular weight excluding hydrogens is 727 g/mol. The molecule has 9 rings (SSSR count). The zero-order chi connectivity index (χ0) is 40.3. The van der Waals surface area contributed by atoms with Gasteiger partial charge in [-0.15, -0.1) is 5.10 Å². The molecule has 3 N–H and O–H groups in total. The van der Waals surface area contributed by atoms with Gasteiger partial charge in [-0.05, 0) is 145 Å². The van der Waals surface area contributed by atoms with Gasteiger partial charge in [0.2, 0.25) is 0 Å². The fourth-order valence-corrected chi connectivity index (χ4v) is 11.8. The maximum absolute atomic E-state index is 13.5. The highest BCUT2D eigenvalue weighted by molar-refractivity contribution is 5.73. The normalized spacial score (nSPS) is 28.3. The summed E-state index contributed by atoms with van der Waals surface area (Å²) in [5.74, 6) is 2.66. The Balaban J connectivity index is 0.784. The molecule has 0 spiro atoms. The van der Waals surface area contributed by atoms with E-state index in [9.17, 15) is 20.1 Å². The molecule has 5 aliphatic rings. The van der Waals surface area contributed by atoms with E-state index in [0.717, 1.165) is 51.4 Å². The molecule has 58 heavy (non-hydrogen) atoms. The van der Waals surface area contributed by atoms with E-state index in [1.54, 1.807) is 6.07 Å². The molecule has 3 heterocycles. The van der Waals surface area contributed by atoms with Gasteiger partial charge in [0.25, 0.3) is 0 Å². The molecule has 1 amide bonds. The molecule has 0 bridgehead atoms. The lowest BCUT2D eigenvalue weighted by Crippen LogP contribution is -2.50. The van der Waals surface area contributed by atoms with Crippen LogP contribution in [0.3, 0.4) is 0 Å². The van der Waals surface area contributed by atoms with E-state index in [-0.39, 0.29) is 52.3 Å². The monoisotopic (exact) mass is 783 g/mol. The largest absolute Gasteiger partial charge is 0.508 e. The number of rotatable bonds is 7. The molecule has 304 valence electrons. The zero-order valence-electron chi connectivity index (χ0n) is 34.3. The number of allylic oxidation sites excluding steroid dienone is 3. The number of phenolic OH excluding ortho intramolecular Hbond substituents is 2. The Morgan fingerprint density at radius 2 is 1.67 bits per heavy atom. The van der Waals surface area contributed by atoms with Gasteiger partial charge in [-0.25, -0.2) is 9.36 Å². The van der Waals surface area contributed by atoms with Crippen molar-refractivity contribution in [2.45, 2.75) is 104 Å². The van der Waals surface area contributed by atoms with Crippen LogP contribution in [-0.4, -0.2) is 65.3 Å². The van der Waals surface area contributed by atoms with E-state index < -0.39 is 0 Å². The second-order valence-corrected chi connectivity index (χ2v) is 18.6. The van der Waals surface area contributed by atoms with Gasteiger partial charge in [0, 0.05) is 38.0 Å². The Hall–Kier alpha value is -5.12. The second-order valence-electron chi connectivity index (χ2n) is 18.6. The first kappa shape index (κ1) is 38.4. The SMILES string of the molecule is CC(C)c1cc(-c2nnc(O)n2-c2ccc(CC3CCN(C(=O)O[C@H]4CC[C@@]5(C)C(=CCC6C5CC[C@]5(C)C(c7cccnc7)=CC[C@@H]65)C4)CC3)cc2)c(O)cc1O. The Morgan fingerprint density at radius 1 is 0.897 bits per heavy atom. The number of amides is 1. The number of hydrogen-bond acceptors (Lipinski definition) is 8. The summed E-state index contributed by atoms with van der Waals surface area (Å²) in [5, 5.41) is 39.7. The van der Waals surface area contributed by atoms with Crippen molar-refractivity contribution in [3.63, 3.8) is 0 Å². The molecule has 6 atom stereocenters. The summed E-state index contributed by atoms with van der Waals surface area (Å²) in [5.41, 5.74) is 7.60. The molecule has 2 aromatic carbocycles. The molecule has 1 aliphatic heterocycles. The average Bonchev–Trinajstić information content (AvgIpc) is 3.78. The second kappa shape index (κ2) is 14.9. The standard InChI is InChI=1S/C48H57N5O5/c1-29(2)37-26-38(43(55)27-42(37)54)44-50-51-45(56)53(44)34-10-7-30(8-11-34)24-31-17-22-52(23-18-31)46(57)58-35-15-19-47(3)33(25-35)9-12-36-40-14-13-39(32-6-5-21-49-28-32)48(40,4)20-16-41(36)47/h5-11,13,21,26-29,31,35-36,40-41,54-55H,12,14-20,22-25H2,1-4H3,(H,51,56)/t35-,36?,40-,41?,47-,48+/m0/s1. The van der Waals surface area contributed by atoms with Crippen molar-refractivity contribution >= 4 is 11.7 Å². The first-order valence-electron chi connectivity index (χ1n) is 21.5. The molecule has 10 nitrogen and oxygen atoms in total. The van der Waals surface area contributed by atoms with Crippen LogP contribution in [0.25, 0.3) is 22.6 Å². The number of aromatic nitrogens is 4. The summed E-state index contributed by atoms with van der Waals surface area (Å²) in [4.78, 5) is 19.9. The van der Waals surface area contributed by atoms with E-state index in [1.165, 1.54) is 45.7 Å². The number of pyridine rings is 1. The Bertz CT molecular complexity index is 2240. The van der Waals surface area contributed by atoms with Gasteiger partial charge in [-0.3, -0.25) is 4.98 Å². The number of ether oxygens (including phenoxy) is 1. The minimum Gasteiger partial charge on any atom is -0.508 e. The van der Waals surface area contributed by atoms with Crippen LogP contribution in [0.5, 0.6) is 17.5 Å². The van der Waals surface area contributed by atoms with Gasteiger partial charge < -0.3 is 25.0 Å². The predicted octanol–water partition coefficient (Wildman–Crippen LogP) is 9.99. The smallest absolute Gasteiger partial charge is 0.410 e. The van der Waals surface area contributed by atoms with E-state index in [1.807, 2.05) is 55.4 Å². The molecule has 2 aromatic heterocycles. The minimum absolute atomic E-state index is 0.0102. The lowest BCUT2D eigenvalue weighted by Gasteiger charge is -2.58. The third-order valence-electron chi connectivity index (χ3n) is 15.1. The third kappa shape index (κ3) is 6.66. The summed E-state index contributed by atoms with van der Waals surface area (Å²) in [6, 6.07) is 14.9. The lowest BCUT2D eigenvalue weighted by atomic mass is 9.47. The first-order chi connectivity index (χ1) is 27.9. The van der Waals surface area contributed by atoms with E-state index >= 15 is 0 Å². The van der Waals surface area contributed by atoms with Crippen LogP contribution in [0.15, 0.2) is 78.6 Å². The summed E-state index contributed by atoms with van der Waals surface area (Å²) < 4.78 is 7.76. The third-order valence-corrected chi connectivity index (χ3v) is 15.1. The molecule has 3 fully saturated rings. The maximum atomic E-state index is 13.5. The quantitative estimate of drug-likeness (QED) is 0.158. The summed E-state index contributed by atoms with van der Waals surface area (Å²) in [6.45, 7) is 10.3. The van der Waals surface area contributed by atoms with Crippen LogP contribution in [-0.2, 0) is 11.2 Å². The molecule has 10 heteroatoms. The van der Waals surface area contributed by atoms with E-state index in [2.05, 4.69) is 53.3 Å². The highest BCUT2D eigenvalue weighted by Crippen LogP contribution is 2.66. The number of likely N-dealkylation sites (tertiary alicyclic amines) is 1. The molecule has 4 aromatic rings. The summed E-state index contributed by atoms with van der Waals surface area (Å²) >= 11 is 0. The van der Waals surface area contributed by atoms with Crippen molar-refractivity contribution in [3.05, 3.63) is 95.3 Å². The molecule has 2 saturated carbocycles. The van der Waals surface area contributed by atoms with Gasteiger partial charge in [0.05, 0.1) is 11.3 Å². The fourth-order valence-electron chi connectivity index (χ4n) is 11.8. The van der Waals surface area contributed by atoms with Crippen LogP contribution in [0.1, 0.15) is 108 Å². The number of aromatic hydroxyl groups is 3. The highest BCUT2D eigenvalue weighted by Gasteiger charge is 2.57. The average molecular weight is 784 g/mol. The number of nitrogens with zero attached hydrogens (tertiary/aromatic N) is 5. The molecule has 0 radical (unpaired) electrons. The number of hydrogen-bond donors (Lipinski definition) is 3. The molecule has 1 saturated heterocycles. The van der Waals surface area contributed by atoms with Crippen LogP contribution >= 0.6 is 0 Å². The van der Waals surface area contributed by atoms with Crippen molar-refractivity contribution in [3.8, 4) is 34.6 Å². The number of carbonyl (C=O) groups is 1. The maximum Gasteiger partial charge on any atom is 0.410 e. The van der Waals surface area contributed by atoms with Crippen LogP contribution < -0.4 is 0 Å². The topological polar surface area (TPSA) is 134 Å². The van der Waals surface area contributed by atoms with Crippen LogP contribution in [0.4, 0.5) is 4.79 Å². The fraction of sp³-hybridized carbons (Fsp3) is 0.500. The van der Waals surface area contributed by atoms with Crippen molar-refractivity contribution < 1.29 is 24.9 Å². The van der Waals surface area contributed by atoms with Crippen LogP contribution in [0, 0.1) is 34.5 Å². The van der Waals surface area contributed by atoms with E-state index in [4.69, 9.17) is 4.74 Å². The van der Waals surface area contributed by atoms with Gasteiger partial charge in [0.15, 0.2) is 5.82 Å². The van der Waals surface area contributed by atoms with Crippen molar-refractivity contribution in [2.24, 2.45) is 34.5 Å². The Labute approximate surface area is 341 Å². The summed E-state index contributed by atoms with van der Waals surface area (Å²) in [6.07, 6.45) is 19.1. The van der Waals surface area contributed by atoms with Crippen molar-refractivity contribution in [1.29, 1.82) is 0 Å². The Morgan fingerprint density at radius 3 is 2.41 bits per heavy atom. The number of piperidine rings is 1. The summed E-state index contributed by atoms with van der Waals surface area (Å²) in [7, 11) is 0. The zero-order valence-corrected chi connectivity index (χ0v) is 34.3. The highest BCUT2D eigenvalue weighted by atomic mass is 16.6.